The minimum absolute atomic E-state index is 0. The van der Waals surface area contributed by atoms with Gasteiger partial charge in [-0.1, -0.05) is 11.8 Å². The average Bonchev–Trinajstić information content (AvgIpc) is 1.98. The highest BCUT2D eigenvalue weighted by molar-refractivity contribution is 8.13. The van der Waals surface area contributed by atoms with Gasteiger partial charge in [0.2, 0.25) is 0 Å². The van der Waals surface area contributed by atoms with Gasteiger partial charge in [0.05, 0.1) is 21.1 Å². The van der Waals surface area contributed by atoms with Crippen LogP contribution in [-0.4, -0.2) is 42.5 Å². The van der Waals surface area contributed by atoms with Crippen LogP contribution in [0.25, 0.3) is 0 Å². The zero-order valence-corrected chi connectivity index (χ0v) is 12.6. The van der Waals surface area contributed by atoms with Gasteiger partial charge in [-0.15, -0.1) is 0 Å². The molecular weight excluding hydrogens is 309 g/mol. The number of carbonyl (C=O) groups is 1. The Morgan fingerprint density at radius 1 is 1.29 bits per heavy atom. The van der Waals surface area contributed by atoms with Crippen molar-refractivity contribution < 1.29 is 33.3 Å². The van der Waals surface area contributed by atoms with Crippen LogP contribution in [0.5, 0.6) is 0 Å². The van der Waals surface area contributed by atoms with E-state index < -0.39 is 0 Å². The molecule has 82 valence electrons. The summed E-state index contributed by atoms with van der Waals surface area (Å²) in [5.74, 6) is 5.64. The lowest BCUT2D eigenvalue weighted by Gasteiger charge is -2.37. The number of hydrogen-bond donors (Lipinski definition) is 0. The van der Waals surface area contributed by atoms with Gasteiger partial charge in [-0.2, -0.15) is 0 Å². The summed E-state index contributed by atoms with van der Waals surface area (Å²) in [6.45, 7) is 4.07. The van der Waals surface area contributed by atoms with Gasteiger partial charge < -0.3 is 28.5 Å². The van der Waals surface area contributed by atoms with E-state index in [2.05, 4.69) is 33.0 Å². The Bertz CT molecular complexity index is 258. The van der Waals surface area contributed by atoms with Gasteiger partial charge in [-0.25, -0.2) is 0 Å². The van der Waals surface area contributed by atoms with Crippen LogP contribution in [0, 0.1) is 11.8 Å². The van der Waals surface area contributed by atoms with Gasteiger partial charge in [0, 0.05) is 13.8 Å². The van der Waals surface area contributed by atoms with Crippen molar-refractivity contribution >= 4 is 16.9 Å². The molecule has 0 aromatic heterocycles. The summed E-state index contributed by atoms with van der Waals surface area (Å²) in [5.41, 5.74) is -0.189. The molecule has 0 saturated carbocycles. The zero-order chi connectivity index (χ0) is 10.7. The van der Waals surface area contributed by atoms with E-state index in [1.54, 1.807) is 6.26 Å². The third-order valence-corrected chi connectivity index (χ3v) is 2.81. The molecule has 0 amide bonds. The Labute approximate surface area is 108 Å². The predicted molar refractivity (Wildman–Crippen MR) is 58.4 cm³/mol. The Hall–Kier alpha value is 0.270. The van der Waals surface area contributed by atoms with Gasteiger partial charge in [0.15, 0.2) is 5.54 Å². The van der Waals surface area contributed by atoms with E-state index in [9.17, 15) is 4.79 Å². The molecule has 0 N–H and O–H groups in total. The van der Waals surface area contributed by atoms with Gasteiger partial charge in [0.25, 0.3) is 5.12 Å². The van der Waals surface area contributed by atoms with E-state index >= 15 is 0 Å². The second-order valence-electron chi connectivity index (χ2n) is 4.31. The maximum Gasteiger partial charge on any atom is 0.262 e. The minimum Gasteiger partial charge on any atom is -1.00 e. The number of halogens is 1. The summed E-state index contributed by atoms with van der Waals surface area (Å²) in [4.78, 5) is 11.0. The molecule has 0 saturated heterocycles. The summed E-state index contributed by atoms with van der Waals surface area (Å²) in [6.07, 6.45) is 1.75. The Morgan fingerprint density at radius 2 is 1.71 bits per heavy atom. The number of nitrogens with zero attached hydrogens (tertiary/aromatic N) is 1. The highest BCUT2D eigenvalue weighted by Gasteiger charge is 2.30. The maximum atomic E-state index is 11.0. The minimum atomic E-state index is -0.189. The van der Waals surface area contributed by atoms with Crippen molar-refractivity contribution in [2.45, 2.75) is 19.4 Å². The second-order valence-corrected chi connectivity index (χ2v) is 5.09. The van der Waals surface area contributed by atoms with E-state index in [1.807, 2.05) is 13.8 Å². The Balaban J connectivity index is 0. The van der Waals surface area contributed by atoms with Crippen LogP contribution in [0.2, 0.25) is 0 Å². The largest absolute Gasteiger partial charge is 1.00 e. The quantitative estimate of drug-likeness (QED) is 0.327. The number of rotatable bonds is 1. The average molecular weight is 327 g/mol. The summed E-state index contributed by atoms with van der Waals surface area (Å²) < 4.78 is 0.724. The van der Waals surface area contributed by atoms with Crippen molar-refractivity contribution in [3.05, 3.63) is 0 Å². The molecule has 0 spiro atoms. The molecule has 2 nitrogen and oxygen atoms in total. The van der Waals surface area contributed by atoms with Crippen molar-refractivity contribution in [1.29, 1.82) is 0 Å². The fourth-order valence-electron chi connectivity index (χ4n) is 0.423. The molecule has 0 fully saturated rings. The molecule has 14 heavy (non-hydrogen) atoms. The van der Waals surface area contributed by atoms with E-state index in [0.29, 0.717) is 0 Å². The van der Waals surface area contributed by atoms with Crippen LogP contribution >= 0.6 is 11.8 Å². The van der Waals surface area contributed by atoms with Gasteiger partial charge >= 0.3 is 0 Å². The molecule has 0 aliphatic rings. The molecule has 0 aromatic carbocycles. The van der Waals surface area contributed by atoms with Gasteiger partial charge in [-0.05, 0) is 18.1 Å². The van der Waals surface area contributed by atoms with Crippen LogP contribution in [-0.2, 0) is 4.79 Å². The lowest BCUT2D eigenvalue weighted by atomic mass is 10.0. The molecular formula is C10H18INOS. The van der Waals surface area contributed by atoms with E-state index in [-0.39, 0.29) is 34.6 Å². The molecule has 4 heteroatoms. The van der Waals surface area contributed by atoms with E-state index in [1.165, 1.54) is 0 Å². The Kier molecular flexibility index (Phi) is 7.14. The molecule has 0 aliphatic carbocycles. The molecule has 0 bridgehead atoms. The van der Waals surface area contributed by atoms with Crippen molar-refractivity contribution in [3.8, 4) is 11.8 Å². The maximum absolute atomic E-state index is 11.0. The number of thioether (sulfide) groups is 1. The normalized spacial score (nSPS) is 11.0. The molecule has 0 radical (unpaired) electrons. The first-order valence-corrected chi connectivity index (χ1v) is 5.36. The van der Waals surface area contributed by atoms with Crippen molar-refractivity contribution in [1.82, 2.24) is 0 Å². The highest BCUT2D eigenvalue weighted by atomic mass is 127. The summed E-state index contributed by atoms with van der Waals surface area (Å²) in [6, 6.07) is 0. The highest BCUT2D eigenvalue weighted by Crippen LogP contribution is 2.15. The fourth-order valence-corrected chi connectivity index (χ4v) is 0.576. The second kappa shape index (κ2) is 5.99. The number of carbonyl (C=O) groups excluding carboxylic acids is 1. The van der Waals surface area contributed by atoms with Crippen molar-refractivity contribution in [2.75, 3.05) is 27.4 Å². The van der Waals surface area contributed by atoms with Crippen LogP contribution in [0.4, 0.5) is 0 Å². The monoisotopic (exact) mass is 327 g/mol. The Morgan fingerprint density at radius 3 is 2.00 bits per heavy atom. The first kappa shape index (κ1) is 16.7. The van der Waals surface area contributed by atoms with Crippen molar-refractivity contribution in [3.63, 3.8) is 0 Å². The standard InChI is InChI=1S/C10H18NOS.HI/c1-10(2,11(3,4)5)8-7-9(12)13-6;/h1-6H3;1H/q+1;/p-1. The molecule has 0 aliphatic heterocycles. The number of quaternary nitrogens is 1. The summed E-state index contributed by atoms with van der Waals surface area (Å²) in [7, 11) is 6.20. The lowest BCUT2D eigenvalue weighted by molar-refractivity contribution is -0.909. The van der Waals surface area contributed by atoms with Crippen LogP contribution < -0.4 is 24.0 Å². The molecule has 0 aromatic rings. The lowest BCUT2D eigenvalue weighted by Crippen LogP contribution is -3.00. The molecule has 0 rings (SSSR count). The molecule has 0 atom stereocenters. The predicted octanol–water partition coefficient (Wildman–Crippen LogP) is -1.63. The molecule has 0 heterocycles. The fraction of sp³-hybridized carbons (Fsp3) is 0.700. The number of hydrogen-bond acceptors (Lipinski definition) is 2. The third-order valence-electron chi connectivity index (χ3n) is 2.33. The summed E-state index contributed by atoms with van der Waals surface area (Å²) in [5, 5.41) is -0.0680. The molecule has 0 unspecified atom stereocenters. The third kappa shape index (κ3) is 5.23. The summed E-state index contributed by atoms with van der Waals surface area (Å²) >= 11 is 1.16. The van der Waals surface area contributed by atoms with Crippen LogP contribution in [0.15, 0.2) is 0 Å². The smallest absolute Gasteiger partial charge is 0.262 e. The van der Waals surface area contributed by atoms with E-state index in [0.717, 1.165) is 16.2 Å². The van der Waals surface area contributed by atoms with Crippen LogP contribution in [0.1, 0.15) is 13.8 Å². The van der Waals surface area contributed by atoms with Crippen LogP contribution in [0.3, 0.4) is 0 Å². The SMILES string of the molecule is CSC(=O)C#CC(C)(C)[N+](C)(C)C.[I-]. The first-order chi connectivity index (χ1) is 5.70. The van der Waals surface area contributed by atoms with Gasteiger partial charge in [-0.3, -0.25) is 4.79 Å². The van der Waals surface area contributed by atoms with Gasteiger partial charge in [0.1, 0.15) is 0 Å². The topological polar surface area (TPSA) is 17.1 Å². The van der Waals surface area contributed by atoms with Crippen molar-refractivity contribution in [2.24, 2.45) is 0 Å². The first-order valence-electron chi connectivity index (χ1n) is 4.13. The van der Waals surface area contributed by atoms with E-state index in [4.69, 9.17) is 0 Å². The zero-order valence-electron chi connectivity index (χ0n) is 9.64.